The van der Waals surface area contributed by atoms with Crippen LogP contribution in [-0.4, -0.2) is 21.0 Å². The van der Waals surface area contributed by atoms with E-state index in [1.165, 1.54) is 24.3 Å². The Labute approximate surface area is 149 Å². The van der Waals surface area contributed by atoms with Crippen LogP contribution in [0, 0.1) is 0 Å². The summed E-state index contributed by atoms with van der Waals surface area (Å²) in [6, 6.07) is 10.7. The molecule has 0 fully saturated rings. The molecule has 0 aliphatic carbocycles. The molecule has 0 radical (unpaired) electrons. The highest BCUT2D eigenvalue weighted by Gasteiger charge is 2.22. The Bertz CT molecular complexity index is 1210. The van der Waals surface area contributed by atoms with Gasteiger partial charge in [-0.25, -0.2) is 4.79 Å². The molecular formula is C18H9FN2O6. The third kappa shape index (κ3) is 2.71. The summed E-state index contributed by atoms with van der Waals surface area (Å²) in [5.41, 5.74) is -1.91. The molecule has 0 saturated carbocycles. The highest BCUT2D eigenvalue weighted by molar-refractivity contribution is 6.11. The lowest BCUT2D eigenvalue weighted by atomic mass is 10.0. The molecule has 0 amide bonds. The van der Waals surface area contributed by atoms with E-state index in [0.717, 1.165) is 6.07 Å². The van der Waals surface area contributed by atoms with Crippen molar-refractivity contribution in [3.8, 4) is 11.5 Å². The van der Waals surface area contributed by atoms with Gasteiger partial charge in [0.05, 0.1) is 5.56 Å². The van der Waals surface area contributed by atoms with Crippen molar-refractivity contribution >= 4 is 11.7 Å². The molecule has 1 aliphatic heterocycles. The molecule has 0 spiro atoms. The van der Waals surface area contributed by atoms with Gasteiger partial charge >= 0.3 is 5.69 Å². The predicted octanol–water partition coefficient (Wildman–Crippen LogP) is 1.35. The Morgan fingerprint density at radius 3 is 2.33 bits per heavy atom. The van der Waals surface area contributed by atoms with Gasteiger partial charge in [-0.2, -0.15) is 4.57 Å². The van der Waals surface area contributed by atoms with Crippen molar-refractivity contribution in [1.82, 2.24) is 9.36 Å². The normalized spacial score (nSPS) is 11.6. The maximum Gasteiger partial charge on any atom is 0.366 e. The standard InChI is InChI=1S/C18H9FN2O6/c19-20-8-7-15(22)21(18(20)25)17(24)11-3-1-10(2-4-11)16(23)13-6-5-12-9-14(13)27-26-12/h1-9H. The van der Waals surface area contributed by atoms with Crippen molar-refractivity contribution in [2.24, 2.45) is 0 Å². The van der Waals surface area contributed by atoms with Gasteiger partial charge in [0.25, 0.3) is 11.5 Å². The SMILES string of the molecule is O=C(c1ccc(C(=O)n2c(=O)ccn(F)c2=O)cc1)c1ccc2cc1OO2. The van der Waals surface area contributed by atoms with Crippen LogP contribution in [0.5, 0.6) is 11.5 Å². The van der Waals surface area contributed by atoms with Crippen LogP contribution in [-0.2, 0) is 0 Å². The zero-order chi connectivity index (χ0) is 19.1. The Morgan fingerprint density at radius 2 is 1.59 bits per heavy atom. The van der Waals surface area contributed by atoms with Gasteiger partial charge in [-0.15, -0.1) is 4.79 Å². The molecule has 0 saturated heterocycles. The van der Waals surface area contributed by atoms with Gasteiger partial charge in [-0.1, -0.05) is 16.6 Å². The highest BCUT2D eigenvalue weighted by Crippen LogP contribution is 2.32. The summed E-state index contributed by atoms with van der Waals surface area (Å²) in [6.07, 6.45) is 0.622. The molecule has 27 heavy (non-hydrogen) atoms. The van der Waals surface area contributed by atoms with Gasteiger partial charge in [0.1, 0.15) is 0 Å². The molecular weight excluding hydrogens is 359 g/mol. The van der Waals surface area contributed by atoms with Crippen LogP contribution < -0.4 is 21.0 Å². The van der Waals surface area contributed by atoms with Crippen molar-refractivity contribution in [3.05, 3.63) is 92.3 Å². The van der Waals surface area contributed by atoms with E-state index in [2.05, 4.69) is 0 Å². The Morgan fingerprint density at radius 1 is 0.889 bits per heavy atom. The third-order valence-corrected chi connectivity index (χ3v) is 3.96. The lowest BCUT2D eigenvalue weighted by Gasteiger charge is -2.06. The molecule has 2 aromatic carbocycles. The molecule has 3 aromatic rings. The van der Waals surface area contributed by atoms with Crippen LogP contribution in [0.2, 0.25) is 0 Å². The first-order chi connectivity index (χ1) is 13.0. The van der Waals surface area contributed by atoms with Crippen LogP contribution in [0.4, 0.5) is 4.48 Å². The molecule has 134 valence electrons. The number of carbonyl (C=O) groups excluding carboxylic acids is 2. The summed E-state index contributed by atoms with van der Waals surface area (Å²) < 4.78 is 13.5. The van der Waals surface area contributed by atoms with Crippen molar-refractivity contribution in [3.63, 3.8) is 0 Å². The first-order valence-corrected chi connectivity index (χ1v) is 7.64. The second-order valence-corrected chi connectivity index (χ2v) is 5.62. The fraction of sp³-hybridized carbons (Fsp3) is 0. The van der Waals surface area contributed by atoms with Crippen molar-refractivity contribution in [1.29, 1.82) is 0 Å². The van der Waals surface area contributed by atoms with E-state index in [9.17, 15) is 23.7 Å². The topological polar surface area (TPSA) is 96.6 Å². The lowest BCUT2D eigenvalue weighted by Crippen LogP contribution is -2.41. The van der Waals surface area contributed by atoms with Gasteiger partial charge in [-0.3, -0.25) is 24.2 Å². The average Bonchev–Trinajstić information content (AvgIpc) is 3.05. The average molecular weight is 368 g/mol. The van der Waals surface area contributed by atoms with Gasteiger partial charge < -0.3 is 0 Å². The number of aromatic nitrogens is 2. The first-order valence-electron chi connectivity index (χ1n) is 7.64. The minimum absolute atomic E-state index is 0.0589. The second kappa shape index (κ2) is 6.06. The minimum Gasteiger partial charge on any atom is -0.290 e. The zero-order valence-electron chi connectivity index (χ0n) is 13.4. The van der Waals surface area contributed by atoms with Crippen LogP contribution in [0.3, 0.4) is 0 Å². The smallest absolute Gasteiger partial charge is 0.290 e. The van der Waals surface area contributed by atoms with Gasteiger partial charge in [0, 0.05) is 29.5 Å². The Kier molecular flexibility index (Phi) is 3.69. The zero-order valence-corrected chi connectivity index (χ0v) is 13.4. The van der Waals surface area contributed by atoms with E-state index in [-0.39, 0.29) is 37.6 Å². The molecule has 8 nitrogen and oxygen atoms in total. The lowest BCUT2D eigenvalue weighted by molar-refractivity contribution is -0.0849. The van der Waals surface area contributed by atoms with Crippen molar-refractivity contribution in [2.45, 2.75) is 0 Å². The van der Waals surface area contributed by atoms with Crippen LogP contribution in [0.1, 0.15) is 26.3 Å². The number of ketones is 1. The van der Waals surface area contributed by atoms with E-state index in [1.807, 2.05) is 0 Å². The van der Waals surface area contributed by atoms with Crippen LogP contribution in [0.25, 0.3) is 0 Å². The number of carbonyl (C=O) groups is 2. The molecule has 0 unspecified atom stereocenters. The summed E-state index contributed by atoms with van der Waals surface area (Å²) in [5.74, 6) is -0.619. The largest absolute Gasteiger partial charge is 0.366 e. The first kappa shape index (κ1) is 16.5. The maximum absolute atomic E-state index is 13.3. The van der Waals surface area contributed by atoms with E-state index in [1.54, 1.807) is 18.2 Å². The molecule has 0 N–H and O–H groups in total. The summed E-state index contributed by atoms with van der Waals surface area (Å²) in [5, 5.41) is 0. The summed E-state index contributed by atoms with van der Waals surface area (Å²) >= 11 is 0. The molecule has 2 bridgehead atoms. The van der Waals surface area contributed by atoms with E-state index >= 15 is 0 Å². The van der Waals surface area contributed by atoms with Gasteiger partial charge in [0.15, 0.2) is 17.3 Å². The van der Waals surface area contributed by atoms with Gasteiger partial charge in [-0.05, 0) is 24.3 Å². The molecule has 1 aromatic heterocycles. The monoisotopic (exact) mass is 368 g/mol. The number of hydrogen-bond donors (Lipinski definition) is 0. The molecule has 9 heteroatoms. The summed E-state index contributed by atoms with van der Waals surface area (Å²) in [7, 11) is 0. The van der Waals surface area contributed by atoms with Crippen molar-refractivity contribution in [2.75, 3.05) is 0 Å². The fourth-order valence-electron chi connectivity index (χ4n) is 2.60. The maximum atomic E-state index is 13.3. The minimum atomic E-state index is -1.41. The highest BCUT2D eigenvalue weighted by atomic mass is 19.2. The van der Waals surface area contributed by atoms with Crippen LogP contribution >= 0.6 is 0 Å². The number of rotatable bonds is 3. The number of hydrogen-bond acceptors (Lipinski definition) is 6. The number of nitrogens with zero attached hydrogens (tertiary/aromatic N) is 2. The quantitative estimate of drug-likeness (QED) is 0.511. The molecule has 4 rings (SSSR count). The summed E-state index contributed by atoms with van der Waals surface area (Å²) in [4.78, 5) is 57.8. The number of halogens is 1. The molecule has 0 atom stereocenters. The van der Waals surface area contributed by atoms with E-state index in [0.29, 0.717) is 11.9 Å². The number of benzene rings is 2. The van der Waals surface area contributed by atoms with E-state index in [4.69, 9.17) is 9.78 Å². The summed E-state index contributed by atoms with van der Waals surface area (Å²) in [6.45, 7) is 0. The third-order valence-electron chi connectivity index (χ3n) is 3.96. The van der Waals surface area contributed by atoms with Gasteiger partial charge in [0.2, 0.25) is 0 Å². The Balaban J connectivity index is 1.66. The molecule has 1 aliphatic rings. The molecule has 2 heterocycles. The van der Waals surface area contributed by atoms with Crippen LogP contribution in [0.15, 0.2) is 64.3 Å². The number of fused-ring (bicyclic) bond motifs is 2. The van der Waals surface area contributed by atoms with E-state index < -0.39 is 17.2 Å². The Hall–Kier alpha value is -4.01. The second-order valence-electron chi connectivity index (χ2n) is 5.62. The fourth-order valence-corrected chi connectivity index (χ4v) is 2.60. The predicted molar refractivity (Wildman–Crippen MR) is 88.8 cm³/mol. The van der Waals surface area contributed by atoms with Crippen molar-refractivity contribution < 1.29 is 23.8 Å².